The van der Waals surface area contributed by atoms with Crippen LogP contribution in [0.3, 0.4) is 0 Å². The van der Waals surface area contributed by atoms with E-state index in [-0.39, 0.29) is 16.5 Å². The molecule has 0 fully saturated rings. The second-order valence-corrected chi connectivity index (χ2v) is 6.50. The van der Waals surface area contributed by atoms with Crippen molar-refractivity contribution in [2.45, 2.75) is 12.5 Å². The Bertz CT molecular complexity index is 984. The van der Waals surface area contributed by atoms with Crippen LogP contribution in [0.4, 0.5) is 5.69 Å². The lowest BCUT2D eigenvalue weighted by atomic mass is 10.1. The number of fused-ring (bicyclic) bond motifs is 1. The topological polar surface area (TPSA) is 88.0 Å². The lowest BCUT2D eigenvalue weighted by molar-refractivity contribution is -0.117. The Morgan fingerprint density at radius 2 is 1.88 bits per heavy atom. The van der Waals surface area contributed by atoms with Gasteiger partial charge in [0.1, 0.15) is 0 Å². The van der Waals surface area contributed by atoms with Crippen LogP contribution in [-0.2, 0) is 11.2 Å². The fraction of sp³-hybridized carbons (Fsp3) is 0.111. The second kappa shape index (κ2) is 7.27. The van der Waals surface area contributed by atoms with E-state index in [0.29, 0.717) is 27.9 Å². The second-order valence-electron chi connectivity index (χ2n) is 5.65. The number of rotatable bonds is 4. The fourth-order valence-electron chi connectivity index (χ4n) is 2.50. The van der Waals surface area contributed by atoms with E-state index in [4.69, 9.17) is 28.9 Å². The molecule has 0 saturated carbocycles. The van der Waals surface area contributed by atoms with Gasteiger partial charge >= 0.3 is 0 Å². The molecule has 0 unspecified atom stereocenters. The SMILES string of the molecule is N[C@H](Cc1ccc(Cl)cc1)C(=O)Nc1cc2cc[nH]c(=O)c2cc1Cl. The maximum Gasteiger partial charge on any atom is 0.255 e. The molecule has 2 aromatic carbocycles. The van der Waals surface area contributed by atoms with E-state index in [2.05, 4.69) is 10.3 Å². The predicted octanol–water partition coefficient (Wildman–Crippen LogP) is 3.34. The fourth-order valence-corrected chi connectivity index (χ4v) is 2.83. The number of benzene rings is 2. The summed E-state index contributed by atoms with van der Waals surface area (Å²) >= 11 is 12.0. The first-order chi connectivity index (χ1) is 11.9. The van der Waals surface area contributed by atoms with Gasteiger partial charge in [0.2, 0.25) is 5.91 Å². The molecule has 0 saturated heterocycles. The molecule has 0 spiro atoms. The maximum atomic E-state index is 12.4. The van der Waals surface area contributed by atoms with E-state index in [1.54, 1.807) is 24.3 Å². The number of amides is 1. The number of H-pyrrole nitrogens is 1. The number of hydrogen-bond donors (Lipinski definition) is 3. The summed E-state index contributed by atoms with van der Waals surface area (Å²) in [5, 5.41) is 4.75. The average Bonchev–Trinajstić information content (AvgIpc) is 2.58. The van der Waals surface area contributed by atoms with Gasteiger partial charge in [-0.05, 0) is 47.7 Å². The average molecular weight is 376 g/mol. The Morgan fingerprint density at radius 1 is 1.16 bits per heavy atom. The van der Waals surface area contributed by atoms with Gasteiger partial charge in [-0.25, -0.2) is 0 Å². The molecule has 0 aliphatic carbocycles. The Hall–Kier alpha value is -2.34. The zero-order valence-corrected chi connectivity index (χ0v) is 14.6. The third-order valence-corrected chi connectivity index (χ3v) is 4.39. The van der Waals surface area contributed by atoms with Gasteiger partial charge in [0, 0.05) is 16.6 Å². The minimum Gasteiger partial charge on any atom is -0.329 e. The first-order valence-corrected chi connectivity index (χ1v) is 8.31. The number of pyridine rings is 1. The van der Waals surface area contributed by atoms with Crippen molar-refractivity contribution in [1.82, 2.24) is 4.98 Å². The molecule has 1 amide bonds. The van der Waals surface area contributed by atoms with Gasteiger partial charge in [0.25, 0.3) is 5.56 Å². The van der Waals surface area contributed by atoms with Gasteiger partial charge in [-0.1, -0.05) is 35.3 Å². The molecular weight excluding hydrogens is 361 g/mol. The monoisotopic (exact) mass is 375 g/mol. The summed E-state index contributed by atoms with van der Waals surface area (Å²) in [7, 11) is 0. The van der Waals surface area contributed by atoms with E-state index in [0.717, 1.165) is 5.56 Å². The number of nitrogens with one attached hydrogen (secondary N) is 2. The molecule has 5 nitrogen and oxygen atoms in total. The van der Waals surface area contributed by atoms with Crippen molar-refractivity contribution in [2.75, 3.05) is 5.32 Å². The molecule has 0 bridgehead atoms. The third kappa shape index (κ3) is 4.02. The van der Waals surface area contributed by atoms with E-state index >= 15 is 0 Å². The smallest absolute Gasteiger partial charge is 0.255 e. The number of carbonyl (C=O) groups excluding carboxylic acids is 1. The Labute approximate surface area is 153 Å². The quantitative estimate of drug-likeness (QED) is 0.653. The molecule has 3 rings (SSSR count). The Kier molecular flexibility index (Phi) is 5.08. The van der Waals surface area contributed by atoms with E-state index in [9.17, 15) is 9.59 Å². The van der Waals surface area contributed by atoms with Crippen molar-refractivity contribution in [2.24, 2.45) is 5.73 Å². The molecule has 0 aliphatic rings. The Morgan fingerprint density at radius 3 is 2.60 bits per heavy atom. The summed E-state index contributed by atoms with van der Waals surface area (Å²) in [5.74, 6) is -0.360. The van der Waals surface area contributed by atoms with Crippen LogP contribution in [-0.4, -0.2) is 16.9 Å². The first-order valence-electron chi connectivity index (χ1n) is 7.56. The van der Waals surface area contributed by atoms with E-state index in [1.165, 1.54) is 12.3 Å². The Balaban J connectivity index is 1.78. The molecule has 25 heavy (non-hydrogen) atoms. The first kappa shape index (κ1) is 17.5. The number of hydrogen-bond acceptors (Lipinski definition) is 3. The minimum atomic E-state index is -0.743. The van der Waals surface area contributed by atoms with Crippen LogP contribution in [0.2, 0.25) is 10.0 Å². The predicted molar refractivity (Wildman–Crippen MR) is 101 cm³/mol. The summed E-state index contributed by atoms with van der Waals surface area (Å²) in [6, 6.07) is 11.3. The van der Waals surface area contributed by atoms with Crippen molar-refractivity contribution in [3.63, 3.8) is 0 Å². The van der Waals surface area contributed by atoms with Gasteiger partial charge in [0.15, 0.2) is 0 Å². The summed E-state index contributed by atoms with van der Waals surface area (Å²) in [6.07, 6.45) is 1.91. The number of anilines is 1. The zero-order chi connectivity index (χ0) is 18.0. The number of halogens is 2. The van der Waals surface area contributed by atoms with Gasteiger partial charge in [-0.15, -0.1) is 0 Å². The van der Waals surface area contributed by atoms with Crippen LogP contribution in [0.15, 0.2) is 53.5 Å². The highest BCUT2D eigenvalue weighted by Gasteiger charge is 2.16. The summed E-state index contributed by atoms with van der Waals surface area (Å²) in [5.41, 5.74) is 7.06. The van der Waals surface area contributed by atoms with Crippen molar-refractivity contribution in [3.05, 3.63) is 74.6 Å². The molecule has 7 heteroatoms. The number of nitrogens with two attached hydrogens (primary N) is 1. The molecule has 4 N–H and O–H groups in total. The molecule has 1 heterocycles. The largest absolute Gasteiger partial charge is 0.329 e. The van der Waals surface area contributed by atoms with Crippen LogP contribution in [0.5, 0.6) is 0 Å². The van der Waals surface area contributed by atoms with Gasteiger partial charge < -0.3 is 16.0 Å². The van der Waals surface area contributed by atoms with Gasteiger partial charge in [-0.2, -0.15) is 0 Å². The lowest BCUT2D eigenvalue weighted by Crippen LogP contribution is -2.37. The van der Waals surface area contributed by atoms with Crippen molar-refractivity contribution >= 4 is 45.6 Å². The summed E-state index contributed by atoms with van der Waals surface area (Å²) < 4.78 is 0. The molecule has 1 aromatic heterocycles. The number of aromatic amines is 1. The van der Waals surface area contributed by atoms with Gasteiger partial charge in [-0.3, -0.25) is 9.59 Å². The zero-order valence-electron chi connectivity index (χ0n) is 13.1. The summed E-state index contributed by atoms with van der Waals surface area (Å²) in [6.45, 7) is 0. The number of carbonyl (C=O) groups is 1. The van der Waals surface area contributed by atoms with Crippen LogP contribution in [0.1, 0.15) is 5.56 Å². The molecule has 0 radical (unpaired) electrons. The van der Waals surface area contributed by atoms with Crippen LogP contribution >= 0.6 is 23.2 Å². The third-order valence-electron chi connectivity index (χ3n) is 3.82. The lowest BCUT2D eigenvalue weighted by Gasteiger charge is -2.14. The standard InChI is InChI=1S/C18H15Cl2N3O2/c19-12-3-1-10(2-4-12)7-15(21)18(25)23-16-8-11-5-6-22-17(24)13(11)9-14(16)20/h1-6,8-9,15H,7,21H2,(H,22,24)(H,23,25)/t15-/m1/s1. The van der Waals surface area contributed by atoms with Crippen LogP contribution in [0.25, 0.3) is 10.8 Å². The molecule has 1 atom stereocenters. The van der Waals surface area contributed by atoms with Gasteiger partial charge in [0.05, 0.1) is 16.8 Å². The number of aromatic nitrogens is 1. The molecule has 128 valence electrons. The highest BCUT2D eigenvalue weighted by atomic mass is 35.5. The van der Waals surface area contributed by atoms with Crippen LogP contribution in [0, 0.1) is 0 Å². The maximum absolute atomic E-state index is 12.4. The molecular formula is C18H15Cl2N3O2. The van der Waals surface area contributed by atoms with Crippen molar-refractivity contribution in [3.8, 4) is 0 Å². The van der Waals surface area contributed by atoms with E-state index < -0.39 is 6.04 Å². The highest BCUT2D eigenvalue weighted by molar-refractivity contribution is 6.34. The van der Waals surface area contributed by atoms with Crippen molar-refractivity contribution in [1.29, 1.82) is 0 Å². The molecule has 0 aliphatic heterocycles. The van der Waals surface area contributed by atoms with E-state index in [1.807, 2.05) is 12.1 Å². The normalized spacial score (nSPS) is 12.1. The van der Waals surface area contributed by atoms with Crippen molar-refractivity contribution < 1.29 is 4.79 Å². The molecule has 3 aromatic rings. The highest BCUT2D eigenvalue weighted by Crippen LogP contribution is 2.26. The minimum absolute atomic E-state index is 0.239. The summed E-state index contributed by atoms with van der Waals surface area (Å²) in [4.78, 5) is 26.7. The van der Waals surface area contributed by atoms with Crippen LogP contribution < -0.4 is 16.6 Å².